The molecule has 3 aromatic heterocycles. The molecule has 3 aromatic rings. The first-order valence-corrected chi connectivity index (χ1v) is 11.6. The van der Waals surface area contributed by atoms with Gasteiger partial charge >= 0.3 is 0 Å². The van der Waals surface area contributed by atoms with Gasteiger partial charge in [-0.25, -0.2) is 8.93 Å². The molecule has 0 radical (unpaired) electrons. The Labute approximate surface area is 174 Å². The van der Waals surface area contributed by atoms with Gasteiger partial charge in [-0.1, -0.05) is 20.8 Å². The van der Waals surface area contributed by atoms with Crippen molar-refractivity contribution < 1.29 is 13.7 Å². The highest BCUT2D eigenvalue weighted by Crippen LogP contribution is 2.36. The van der Waals surface area contributed by atoms with Crippen LogP contribution in [-0.2, 0) is 24.1 Å². The van der Waals surface area contributed by atoms with E-state index in [1.165, 1.54) is 11.3 Å². The summed E-state index contributed by atoms with van der Waals surface area (Å²) in [7, 11) is -1.41. The zero-order chi connectivity index (χ0) is 20.1. The zero-order valence-corrected chi connectivity index (χ0v) is 18.3. The van der Waals surface area contributed by atoms with Crippen molar-refractivity contribution in [1.82, 2.24) is 13.5 Å². The second kappa shape index (κ2) is 9.50. The summed E-state index contributed by atoms with van der Waals surface area (Å²) in [5.41, 5.74) is 2.42. The molecule has 0 aliphatic rings. The summed E-state index contributed by atoms with van der Waals surface area (Å²) in [6.45, 7) is 7.55. The normalized spacial score (nSPS) is 12.4. The van der Waals surface area contributed by atoms with E-state index in [4.69, 9.17) is 4.42 Å². The van der Waals surface area contributed by atoms with Gasteiger partial charge in [-0.05, 0) is 17.5 Å². The molecule has 11 heteroatoms. The lowest BCUT2D eigenvalue weighted by molar-refractivity contribution is 0.467. The highest BCUT2D eigenvalue weighted by molar-refractivity contribution is 7.85. The number of nitrogens with one attached hydrogen (secondary N) is 3. The van der Waals surface area contributed by atoms with Crippen molar-refractivity contribution in [2.45, 2.75) is 44.0 Å². The number of furan rings is 1. The summed E-state index contributed by atoms with van der Waals surface area (Å²) in [6.07, 6.45) is 1.78. The Bertz CT molecular complexity index is 934. The average molecular weight is 442 g/mol. The van der Waals surface area contributed by atoms with Crippen molar-refractivity contribution in [2.24, 2.45) is 0 Å². The number of aromatic hydroxyl groups is 1. The molecule has 0 amide bonds. The maximum atomic E-state index is 12.0. The van der Waals surface area contributed by atoms with Crippen LogP contribution in [-0.4, -0.2) is 24.6 Å². The first-order valence-electron chi connectivity index (χ1n) is 8.81. The Kier molecular flexibility index (Phi) is 7.05. The van der Waals surface area contributed by atoms with Crippen molar-refractivity contribution in [1.29, 1.82) is 0 Å². The largest absolute Gasteiger partial charge is 0.504 e. The maximum Gasteiger partial charge on any atom is 0.167 e. The predicted molar refractivity (Wildman–Crippen MR) is 113 cm³/mol. The molecular formula is C17H23N5O3S3. The van der Waals surface area contributed by atoms with E-state index in [9.17, 15) is 9.32 Å². The highest BCUT2D eigenvalue weighted by Gasteiger charge is 2.17. The van der Waals surface area contributed by atoms with Gasteiger partial charge in [0.2, 0.25) is 0 Å². The van der Waals surface area contributed by atoms with Gasteiger partial charge in [0.15, 0.2) is 15.8 Å². The van der Waals surface area contributed by atoms with Crippen LogP contribution in [0.25, 0.3) is 0 Å². The molecule has 28 heavy (non-hydrogen) atoms. The van der Waals surface area contributed by atoms with Crippen LogP contribution in [0.3, 0.4) is 0 Å². The summed E-state index contributed by atoms with van der Waals surface area (Å²) >= 11 is 2.36. The van der Waals surface area contributed by atoms with Crippen LogP contribution in [0.2, 0.25) is 0 Å². The molecule has 3 heterocycles. The van der Waals surface area contributed by atoms with E-state index < -0.39 is 11.0 Å². The average Bonchev–Trinajstić information content (AvgIpc) is 3.38. The molecule has 0 aliphatic carbocycles. The predicted octanol–water partition coefficient (Wildman–Crippen LogP) is 3.88. The molecule has 0 bridgehead atoms. The Morgan fingerprint density at radius 1 is 1.29 bits per heavy atom. The fraction of sp³-hybridized carbons (Fsp3) is 0.412. The first kappa shape index (κ1) is 20.8. The summed E-state index contributed by atoms with van der Waals surface area (Å²) in [5.74, 6) is 1.93. The Morgan fingerprint density at radius 3 is 2.82 bits per heavy atom. The minimum atomic E-state index is -1.41. The lowest BCUT2D eigenvalue weighted by Crippen LogP contribution is -2.15. The van der Waals surface area contributed by atoms with Crippen LogP contribution in [0.1, 0.15) is 43.7 Å². The summed E-state index contributed by atoms with van der Waals surface area (Å²) < 4.78 is 29.4. The molecule has 4 N–H and O–H groups in total. The topological polar surface area (TPSA) is 112 Å². The van der Waals surface area contributed by atoms with Gasteiger partial charge in [0.1, 0.15) is 22.4 Å². The molecule has 0 spiro atoms. The SMILES string of the molecule is CCNS(=O)c1scc(NCc2nsnc2NCc2cc(C(C)C)co2)c1O. The maximum absolute atomic E-state index is 12.0. The van der Waals surface area contributed by atoms with Gasteiger partial charge in [-0.2, -0.15) is 8.75 Å². The molecule has 8 nitrogen and oxygen atoms in total. The second-order valence-corrected chi connectivity index (χ2v) is 9.22. The third kappa shape index (κ3) is 4.90. The van der Waals surface area contributed by atoms with E-state index in [1.54, 1.807) is 11.6 Å². The second-order valence-electron chi connectivity index (χ2n) is 6.32. The van der Waals surface area contributed by atoms with E-state index in [1.807, 2.05) is 13.0 Å². The molecule has 1 unspecified atom stereocenters. The van der Waals surface area contributed by atoms with Crippen LogP contribution in [0, 0.1) is 0 Å². The lowest BCUT2D eigenvalue weighted by Gasteiger charge is -2.06. The standard InChI is InChI=1S/C17H23N5O3S3/c1-4-20-28(24)17-15(23)14(9-26-17)18-7-13-16(22-27-21-13)19-6-12-5-11(8-25-12)10(2)3/h5,8-10,18,20,23H,4,6-7H2,1-3H3,(H,19,22). The Morgan fingerprint density at radius 2 is 2.11 bits per heavy atom. The molecule has 0 saturated carbocycles. The third-order valence-corrected chi connectivity index (χ3v) is 7.10. The number of thiophene rings is 1. The fourth-order valence-corrected chi connectivity index (χ4v) is 4.92. The number of aromatic nitrogens is 2. The van der Waals surface area contributed by atoms with E-state index in [0.29, 0.717) is 41.3 Å². The van der Waals surface area contributed by atoms with Gasteiger partial charge in [-0.15, -0.1) is 11.3 Å². The van der Waals surface area contributed by atoms with Crippen LogP contribution >= 0.6 is 23.1 Å². The molecule has 0 aliphatic heterocycles. The summed E-state index contributed by atoms with van der Waals surface area (Å²) in [6, 6.07) is 2.03. The number of rotatable bonds is 10. The monoisotopic (exact) mass is 441 g/mol. The fourth-order valence-electron chi connectivity index (χ4n) is 2.39. The van der Waals surface area contributed by atoms with Gasteiger partial charge in [0, 0.05) is 11.9 Å². The molecule has 0 saturated heterocycles. The van der Waals surface area contributed by atoms with Crippen molar-refractivity contribution in [3.05, 3.63) is 34.7 Å². The number of hydrogen-bond donors (Lipinski definition) is 4. The quantitative estimate of drug-likeness (QED) is 0.378. The van der Waals surface area contributed by atoms with E-state index >= 15 is 0 Å². The number of hydrogen-bond acceptors (Lipinski definition) is 9. The zero-order valence-electron chi connectivity index (χ0n) is 15.8. The highest BCUT2D eigenvalue weighted by atomic mass is 32.2. The van der Waals surface area contributed by atoms with Crippen LogP contribution in [0.15, 0.2) is 26.3 Å². The molecule has 0 aromatic carbocycles. The molecule has 152 valence electrons. The summed E-state index contributed by atoms with van der Waals surface area (Å²) in [5, 5.41) is 18.4. The summed E-state index contributed by atoms with van der Waals surface area (Å²) in [4.78, 5) is 0. The Hall–Kier alpha value is -1.95. The molecule has 1 atom stereocenters. The number of nitrogens with zero attached hydrogens (tertiary/aromatic N) is 2. The van der Waals surface area contributed by atoms with Crippen LogP contribution in [0.5, 0.6) is 5.75 Å². The lowest BCUT2D eigenvalue weighted by atomic mass is 10.1. The Balaban J connectivity index is 1.59. The van der Waals surface area contributed by atoms with E-state index in [2.05, 4.69) is 38.0 Å². The smallest absolute Gasteiger partial charge is 0.167 e. The first-order chi connectivity index (χ1) is 13.5. The minimum absolute atomic E-state index is 0.00113. The van der Waals surface area contributed by atoms with Gasteiger partial charge < -0.3 is 20.2 Å². The van der Waals surface area contributed by atoms with Crippen molar-refractivity contribution in [3.63, 3.8) is 0 Å². The third-order valence-electron chi connectivity index (χ3n) is 3.95. The van der Waals surface area contributed by atoms with Gasteiger partial charge in [0.05, 0.1) is 36.8 Å². The van der Waals surface area contributed by atoms with Crippen molar-refractivity contribution in [3.8, 4) is 5.75 Å². The molecule has 0 fully saturated rings. The van der Waals surface area contributed by atoms with Gasteiger partial charge in [-0.3, -0.25) is 0 Å². The number of anilines is 2. The van der Waals surface area contributed by atoms with Crippen LogP contribution < -0.4 is 15.4 Å². The van der Waals surface area contributed by atoms with E-state index in [0.717, 1.165) is 28.7 Å². The van der Waals surface area contributed by atoms with E-state index in [-0.39, 0.29) is 5.75 Å². The molecular weight excluding hydrogens is 418 g/mol. The molecule has 3 rings (SSSR count). The van der Waals surface area contributed by atoms with Crippen molar-refractivity contribution >= 4 is 45.6 Å². The van der Waals surface area contributed by atoms with Crippen molar-refractivity contribution in [2.75, 3.05) is 17.2 Å². The van der Waals surface area contributed by atoms with Gasteiger partial charge in [0.25, 0.3) is 0 Å². The minimum Gasteiger partial charge on any atom is -0.504 e. The van der Waals surface area contributed by atoms with Crippen LogP contribution in [0.4, 0.5) is 11.5 Å².